The van der Waals surface area contributed by atoms with E-state index in [1.807, 2.05) is 23.0 Å². The second kappa shape index (κ2) is 8.61. The van der Waals surface area contributed by atoms with Gasteiger partial charge in [0.05, 0.1) is 18.9 Å². The Morgan fingerprint density at radius 1 is 1.18 bits per heavy atom. The van der Waals surface area contributed by atoms with Gasteiger partial charge in [0, 0.05) is 64.2 Å². The number of likely N-dealkylation sites (tertiary alicyclic amines) is 1. The Morgan fingerprint density at radius 2 is 2.00 bits per heavy atom. The number of piperazine rings is 1. The molecule has 7 nitrogen and oxygen atoms in total. The monoisotopic (exact) mass is 385 g/mol. The average molecular weight is 386 g/mol. The number of likely N-dealkylation sites (N-methyl/N-ethyl adjacent to an activating group) is 1. The minimum Gasteiger partial charge on any atom is -0.497 e. The van der Waals surface area contributed by atoms with Gasteiger partial charge in [0.15, 0.2) is 0 Å². The van der Waals surface area contributed by atoms with E-state index >= 15 is 0 Å². The normalized spacial score (nSPS) is 25.1. The summed E-state index contributed by atoms with van der Waals surface area (Å²) in [4.78, 5) is 7.18. The Balaban J connectivity index is 1.44. The summed E-state index contributed by atoms with van der Waals surface area (Å²) in [5.41, 5.74) is 2.22. The molecule has 0 amide bonds. The third-order valence-corrected chi connectivity index (χ3v) is 6.07. The molecule has 4 rings (SSSR count). The van der Waals surface area contributed by atoms with Gasteiger partial charge in [0.2, 0.25) is 0 Å². The molecule has 0 radical (unpaired) electrons. The number of nitrogens with zero attached hydrogens (tertiary/aromatic N) is 5. The average Bonchev–Trinajstić information content (AvgIpc) is 3.23. The fraction of sp³-hybridized carbons (Fsp3) is 0.571. The van der Waals surface area contributed by atoms with Gasteiger partial charge in [-0.25, -0.2) is 4.68 Å². The molecule has 0 saturated carbocycles. The van der Waals surface area contributed by atoms with Crippen LogP contribution in [0.25, 0.3) is 5.69 Å². The highest BCUT2D eigenvalue weighted by molar-refractivity contribution is 5.45. The number of hydrogen-bond acceptors (Lipinski definition) is 6. The van der Waals surface area contributed by atoms with Crippen molar-refractivity contribution in [1.29, 1.82) is 0 Å². The number of benzene rings is 1. The van der Waals surface area contributed by atoms with E-state index in [-0.39, 0.29) is 12.1 Å². The first-order valence-electron chi connectivity index (χ1n) is 10.1. The molecule has 0 aliphatic carbocycles. The predicted octanol–water partition coefficient (Wildman–Crippen LogP) is 1.06. The van der Waals surface area contributed by atoms with Crippen LogP contribution in [0.2, 0.25) is 0 Å². The summed E-state index contributed by atoms with van der Waals surface area (Å²) in [6, 6.07) is 8.31. The Hall–Kier alpha value is -1.93. The number of aliphatic hydroxyl groups excluding tert-OH is 1. The zero-order chi connectivity index (χ0) is 19.5. The summed E-state index contributed by atoms with van der Waals surface area (Å²) in [7, 11) is 3.86. The van der Waals surface area contributed by atoms with Crippen molar-refractivity contribution < 1.29 is 9.84 Å². The zero-order valence-electron chi connectivity index (χ0n) is 16.9. The van der Waals surface area contributed by atoms with Crippen molar-refractivity contribution >= 4 is 0 Å². The van der Waals surface area contributed by atoms with Crippen LogP contribution in [0.4, 0.5) is 0 Å². The molecule has 7 heteroatoms. The van der Waals surface area contributed by atoms with E-state index in [2.05, 4.69) is 39.0 Å². The van der Waals surface area contributed by atoms with E-state index in [0.29, 0.717) is 6.54 Å². The molecule has 152 valence electrons. The fourth-order valence-electron chi connectivity index (χ4n) is 4.40. The van der Waals surface area contributed by atoms with Gasteiger partial charge in [-0.05, 0) is 43.3 Å². The van der Waals surface area contributed by atoms with Crippen LogP contribution in [0.3, 0.4) is 0 Å². The van der Waals surface area contributed by atoms with Crippen LogP contribution in [0.5, 0.6) is 5.75 Å². The van der Waals surface area contributed by atoms with E-state index in [4.69, 9.17) is 4.74 Å². The number of ether oxygens (including phenoxy) is 1. The maximum Gasteiger partial charge on any atom is 0.119 e. The second-order valence-corrected chi connectivity index (χ2v) is 7.94. The highest BCUT2D eigenvalue weighted by Gasteiger charge is 2.33. The number of methoxy groups -OCH3 is 1. The molecule has 28 heavy (non-hydrogen) atoms. The van der Waals surface area contributed by atoms with Crippen LogP contribution in [0.15, 0.2) is 36.7 Å². The van der Waals surface area contributed by atoms with Crippen molar-refractivity contribution in [3.63, 3.8) is 0 Å². The predicted molar refractivity (Wildman–Crippen MR) is 109 cm³/mol. The van der Waals surface area contributed by atoms with Crippen molar-refractivity contribution in [1.82, 2.24) is 24.5 Å². The lowest BCUT2D eigenvalue weighted by atomic mass is 9.98. The lowest BCUT2D eigenvalue weighted by Gasteiger charge is -2.44. The van der Waals surface area contributed by atoms with Crippen LogP contribution in [0.1, 0.15) is 12.0 Å². The molecule has 1 aromatic heterocycles. The van der Waals surface area contributed by atoms with Crippen LogP contribution in [0, 0.1) is 0 Å². The van der Waals surface area contributed by atoms with E-state index in [9.17, 15) is 5.11 Å². The molecule has 0 unspecified atom stereocenters. The van der Waals surface area contributed by atoms with Crippen molar-refractivity contribution in [2.75, 3.05) is 53.4 Å². The molecule has 1 aromatic carbocycles. The Bertz CT molecular complexity index is 758. The molecule has 1 N–H and O–H groups in total. The number of aliphatic hydroxyl groups is 1. The second-order valence-electron chi connectivity index (χ2n) is 7.94. The quantitative estimate of drug-likeness (QED) is 0.831. The maximum atomic E-state index is 10.9. The maximum absolute atomic E-state index is 10.9. The van der Waals surface area contributed by atoms with E-state index < -0.39 is 0 Å². The molecular weight excluding hydrogens is 354 g/mol. The first kappa shape index (κ1) is 19.4. The summed E-state index contributed by atoms with van der Waals surface area (Å²) < 4.78 is 7.33. The molecule has 2 fully saturated rings. The highest BCUT2D eigenvalue weighted by Crippen LogP contribution is 2.25. The summed E-state index contributed by atoms with van der Waals surface area (Å²) in [6.45, 7) is 6.75. The van der Waals surface area contributed by atoms with Crippen LogP contribution in [-0.2, 0) is 6.54 Å². The largest absolute Gasteiger partial charge is 0.497 e. The van der Waals surface area contributed by atoms with Crippen LogP contribution >= 0.6 is 0 Å². The smallest absolute Gasteiger partial charge is 0.119 e. The Labute approximate surface area is 167 Å². The SMILES string of the molecule is COc1ccc(-n2cccn2)c(CN2CC[C@@H](N3CCN(C)CC3)[C@H](O)C2)c1. The molecule has 0 bridgehead atoms. The van der Waals surface area contributed by atoms with Gasteiger partial charge in [-0.15, -0.1) is 0 Å². The van der Waals surface area contributed by atoms with Crippen LogP contribution < -0.4 is 4.74 Å². The molecule has 2 aliphatic rings. The highest BCUT2D eigenvalue weighted by atomic mass is 16.5. The van der Waals surface area contributed by atoms with Gasteiger partial charge in [0.25, 0.3) is 0 Å². The minimum atomic E-state index is -0.309. The van der Waals surface area contributed by atoms with Gasteiger partial charge < -0.3 is 14.7 Å². The van der Waals surface area contributed by atoms with Crippen molar-refractivity contribution in [3.05, 3.63) is 42.2 Å². The molecule has 0 spiro atoms. The third-order valence-electron chi connectivity index (χ3n) is 6.07. The van der Waals surface area contributed by atoms with Gasteiger partial charge in [-0.2, -0.15) is 5.10 Å². The van der Waals surface area contributed by atoms with Gasteiger partial charge in [0.1, 0.15) is 5.75 Å². The number of hydrogen-bond donors (Lipinski definition) is 1. The third kappa shape index (κ3) is 4.22. The van der Waals surface area contributed by atoms with E-state index in [0.717, 1.165) is 62.7 Å². The zero-order valence-corrected chi connectivity index (χ0v) is 16.9. The number of β-amino-alcohol motifs (C(OH)–C–C–N with tert-alkyl or cyclic N) is 1. The molecule has 2 aromatic rings. The fourth-order valence-corrected chi connectivity index (χ4v) is 4.40. The van der Waals surface area contributed by atoms with Gasteiger partial charge >= 0.3 is 0 Å². The number of aromatic nitrogens is 2. The first-order chi connectivity index (χ1) is 13.6. The van der Waals surface area contributed by atoms with Gasteiger partial charge in [-0.3, -0.25) is 9.80 Å². The van der Waals surface area contributed by atoms with Crippen LogP contribution in [-0.4, -0.2) is 95.2 Å². The summed E-state index contributed by atoms with van der Waals surface area (Å²) in [5, 5.41) is 15.2. The lowest BCUT2D eigenvalue weighted by Crippen LogP contribution is -2.58. The summed E-state index contributed by atoms with van der Waals surface area (Å²) in [5.74, 6) is 0.846. The first-order valence-corrected chi connectivity index (χ1v) is 10.1. The molecular formula is C21H31N5O2. The van der Waals surface area contributed by atoms with Crippen molar-refractivity contribution in [2.24, 2.45) is 0 Å². The minimum absolute atomic E-state index is 0.279. The molecule has 2 atom stereocenters. The standard InChI is InChI=1S/C21H31N5O2/c1-23-10-12-25(13-11-23)20-6-9-24(16-21(20)27)15-17-14-18(28-2)4-5-19(17)26-8-3-7-22-26/h3-5,7-8,14,20-21,27H,6,9-13,15-16H2,1-2H3/t20-,21-/m1/s1. The van der Waals surface area contributed by atoms with E-state index in [1.54, 1.807) is 13.3 Å². The van der Waals surface area contributed by atoms with Crippen molar-refractivity contribution in [3.8, 4) is 11.4 Å². The molecule has 2 saturated heterocycles. The van der Waals surface area contributed by atoms with Gasteiger partial charge in [-0.1, -0.05) is 0 Å². The number of rotatable bonds is 5. The molecule has 3 heterocycles. The summed E-state index contributed by atoms with van der Waals surface area (Å²) >= 11 is 0. The Morgan fingerprint density at radius 3 is 2.68 bits per heavy atom. The lowest BCUT2D eigenvalue weighted by molar-refractivity contribution is -0.0286. The van der Waals surface area contributed by atoms with E-state index in [1.165, 1.54) is 0 Å². The Kier molecular flexibility index (Phi) is 5.96. The number of piperidine rings is 1. The molecule has 2 aliphatic heterocycles. The topological polar surface area (TPSA) is 57.0 Å². The summed E-state index contributed by atoms with van der Waals surface area (Å²) in [6.07, 6.45) is 4.45. The van der Waals surface area contributed by atoms with Crippen molar-refractivity contribution in [2.45, 2.75) is 25.1 Å².